The lowest BCUT2D eigenvalue weighted by Gasteiger charge is -2.42. The van der Waals surface area contributed by atoms with Crippen molar-refractivity contribution in [1.82, 2.24) is 14.2 Å². The molecule has 4 heterocycles. The molecule has 19 heteroatoms. The highest BCUT2D eigenvalue weighted by Crippen LogP contribution is 2.49. The van der Waals surface area contributed by atoms with Crippen LogP contribution < -0.4 is 15.0 Å². The van der Waals surface area contributed by atoms with Crippen LogP contribution in [0.15, 0.2) is 48.1 Å². The second-order valence-corrected chi connectivity index (χ2v) is 18.9. The summed E-state index contributed by atoms with van der Waals surface area (Å²) >= 11 is 6.77. The fourth-order valence-electron chi connectivity index (χ4n) is 7.96. The molecule has 4 bridgehead atoms. The zero-order valence-corrected chi connectivity index (χ0v) is 37.5. The maximum Gasteiger partial charge on any atom is 0.409 e. The van der Waals surface area contributed by atoms with E-state index in [1.807, 2.05) is 13.0 Å². The number of halogens is 1. The average molecular weight is 895 g/mol. The van der Waals surface area contributed by atoms with E-state index >= 15 is 0 Å². The first-order valence-electron chi connectivity index (χ1n) is 20.3. The molecule has 61 heavy (non-hydrogen) atoms. The predicted octanol–water partition coefficient (Wildman–Crippen LogP) is 4.79. The molecule has 3 aliphatic rings. The van der Waals surface area contributed by atoms with Crippen molar-refractivity contribution in [3.63, 3.8) is 0 Å². The van der Waals surface area contributed by atoms with E-state index in [0.29, 0.717) is 50.1 Å². The maximum absolute atomic E-state index is 14.2. The van der Waals surface area contributed by atoms with Crippen molar-refractivity contribution >= 4 is 45.3 Å². The van der Waals surface area contributed by atoms with Crippen molar-refractivity contribution in [3.05, 3.63) is 58.7 Å². The lowest BCUT2D eigenvalue weighted by atomic mass is 9.83. The van der Waals surface area contributed by atoms with Gasteiger partial charge in [0.05, 0.1) is 31.1 Å². The number of methoxy groups -OCH3 is 2. The lowest BCUT2D eigenvalue weighted by Crippen LogP contribution is -2.63. The van der Waals surface area contributed by atoms with Crippen LogP contribution in [-0.2, 0) is 51.5 Å². The first kappa shape index (κ1) is 47.7. The molecule has 2 amide bonds. The molecule has 2 saturated heterocycles. The number of hydrogen-bond donors (Lipinski definition) is 4. The lowest BCUT2D eigenvalue weighted by molar-refractivity contribution is -0.157. The summed E-state index contributed by atoms with van der Waals surface area (Å²) in [5, 5.41) is 34.1. The van der Waals surface area contributed by atoms with Crippen molar-refractivity contribution in [2.45, 2.75) is 121 Å². The van der Waals surface area contributed by atoms with Gasteiger partial charge >= 0.3 is 12.1 Å². The molecule has 8 atom stereocenters. The summed E-state index contributed by atoms with van der Waals surface area (Å²) in [4.78, 5) is 42.4. The van der Waals surface area contributed by atoms with Crippen molar-refractivity contribution in [2.75, 3.05) is 39.0 Å². The SMILES string of the molecule is COc1cc2cc(c1Cl)N(C)C(=O)CC(OC(=O)C(C)N(C)S(=O)(=O)CCCCCCn1c(O)ccc1O)C1(C)OC1C(C)C1CC(O)(NC(=O)O1)C(OC)C=CC=C(C)C2. The number of amides is 2. The number of unbranched alkanes of at least 4 members (excludes halogenated alkanes) is 3. The standard InChI is InChI=1S/C42H59ClN4O13S/c1-25-14-13-15-32(57-8)42(53)24-31(58-40(52)44-42)26(2)38-41(4,60-38)33(23-36(50)45(5)29-21-28(20-25)22-30(56-7)37(29)43)59-39(51)27(3)46(6)61(54,55)19-12-10-9-11-18-47-34(48)16-17-35(47)49/h13-17,21-22,26-27,31-33,38,48-49,53H,9-12,18-20,23-24H2,1-8H3,(H,44,52). The number of carbonyl (C=O) groups is 3. The molecule has 2 fully saturated rings. The Morgan fingerprint density at radius 3 is 2.46 bits per heavy atom. The normalized spacial score (nSPS) is 27.8. The Labute approximate surface area is 362 Å². The fourth-order valence-corrected chi connectivity index (χ4v) is 9.70. The highest BCUT2D eigenvalue weighted by Gasteiger charge is 2.64. The zero-order valence-electron chi connectivity index (χ0n) is 35.9. The van der Waals surface area contributed by atoms with Gasteiger partial charge in [-0.2, -0.15) is 4.31 Å². The zero-order chi connectivity index (χ0) is 45.0. The Balaban J connectivity index is 1.39. The van der Waals surface area contributed by atoms with E-state index in [-0.39, 0.29) is 29.0 Å². The number of aliphatic hydroxyl groups is 1. The smallest absolute Gasteiger partial charge is 0.409 e. The number of alkyl carbamates (subject to hydrolysis) is 1. The Morgan fingerprint density at radius 2 is 1.80 bits per heavy atom. The number of nitrogens with one attached hydrogen (secondary N) is 1. The molecule has 1 aromatic heterocycles. The summed E-state index contributed by atoms with van der Waals surface area (Å²) in [5.41, 5.74) is -1.19. The van der Waals surface area contributed by atoms with Gasteiger partial charge < -0.3 is 43.9 Å². The number of likely N-dealkylation sites (N-methyl/N-ethyl adjacent to an activating group) is 1. The van der Waals surface area contributed by atoms with Crippen molar-refractivity contribution in [2.24, 2.45) is 5.92 Å². The third-order valence-electron chi connectivity index (χ3n) is 12.0. The summed E-state index contributed by atoms with van der Waals surface area (Å²) in [6, 6.07) is 5.00. The van der Waals surface area contributed by atoms with Crippen LogP contribution in [0.4, 0.5) is 10.5 Å². The number of esters is 1. The number of fused-ring (bicyclic) bond motifs is 5. The molecular formula is C42H59ClN4O13S. The van der Waals surface area contributed by atoms with Crippen LogP contribution >= 0.6 is 11.6 Å². The number of rotatable bonds is 13. The Hall–Kier alpha value is -4.33. The largest absolute Gasteiger partial charge is 0.495 e. The van der Waals surface area contributed by atoms with Gasteiger partial charge in [-0.15, -0.1) is 0 Å². The molecule has 0 radical (unpaired) electrons. The molecule has 0 spiro atoms. The first-order valence-corrected chi connectivity index (χ1v) is 22.3. The van der Waals surface area contributed by atoms with Crippen LogP contribution in [0.1, 0.15) is 71.8 Å². The predicted molar refractivity (Wildman–Crippen MR) is 226 cm³/mol. The van der Waals surface area contributed by atoms with Crippen molar-refractivity contribution < 1.29 is 61.8 Å². The monoisotopic (exact) mass is 894 g/mol. The van der Waals surface area contributed by atoms with Crippen LogP contribution in [0.5, 0.6) is 17.5 Å². The molecule has 1 aromatic carbocycles. The van der Waals surface area contributed by atoms with E-state index in [2.05, 4.69) is 5.32 Å². The molecule has 338 valence electrons. The van der Waals surface area contributed by atoms with Crippen molar-refractivity contribution in [1.29, 1.82) is 0 Å². The summed E-state index contributed by atoms with van der Waals surface area (Å²) in [6.07, 6.45) is 2.41. The average Bonchev–Trinajstić information content (AvgIpc) is 3.80. The minimum Gasteiger partial charge on any atom is -0.495 e. The molecule has 8 unspecified atom stereocenters. The molecule has 3 aliphatic heterocycles. The van der Waals surface area contributed by atoms with Gasteiger partial charge in [0.25, 0.3) is 0 Å². The molecule has 4 N–H and O–H groups in total. The number of carbonyl (C=O) groups excluding carboxylic acids is 3. The van der Waals surface area contributed by atoms with Gasteiger partial charge in [0.15, 0.2) is 17.5 Å². The number of aromatic hydroxyl groups is 2. The number of anilines is 1. The summed E-state index contributed by atoms with van der Waals surface area (Å²) in [5.74, 6) is -2.05. The second kappa shape index (κ2) is 19.4. The fraction of sp³-hybridized carbons (Fsp3) is 0.595. The third kappa shape index (κ3) is 10.8. The minimum atomic E-state index is -3.95. The van der Waals surface area contributed by atoms with Crippen LogP contribution in [0.2, 0.25) is 5.02 Å². The first-order chi connectivity index (χ1) is 28.6. The topological polar surface area (TPSA) is 219 Å². The van der Waals surface area contributed by atoms with Crippen molar-refractivity contribution in [3.8, 4) is 17.5 Å². The van der Waals surface area contributed by atoms with E-state index in [0.717, 1.165) is 15.4 Å². The second-order valence-electron chi connectivity index (χ2n) is 16.3. The highest BCUT2D eigenvalue weighted by molar-refractivity contribution is 7.89. The van der Waals surface area contributed by atoms with E-state index in [1.54, 1.807) is 38.1 Å². The molecule has 0 aliphatic carbocycles. The summed E-state index contributed by atoms with van der Waals surface area (Å²) in [6.45, 7) is 7.08. The molecule has 17 nitrogen and oxygen atoms in total. The van der Waals surface area contributed by atoms with E-state index in [4.69, 9.17) is 35.3 Å². The Bertz CT molecular complexity index is 2090. The van der Waals surface area contributed by atoms with Gasteiger partial charge in [-0.3, -0.25) is 19.5 Å². The summed E-state index contributed by atoms with van der Waals surface area (Å²) < 4.78 is 58.3. The number of hydrogen-bond acceptors (Lipinski definition) is 13. The molecule has 2 aromatic rings. The number of aromatic nitrogens is 1. The number of ether oxygens (including phenoxy) is 5. The maximum atomic E-state index is 14.2. The molecular weight excluding hydrogens is 836 g/mol. The number of epoxide rings is 1. The van der Waals surface area contributed by atoms with Gasteiger partial charge in [-0.1, -0.05) is 55.2 Å². The third-order valence-corrected chi connectivity index (χ3v) is 14.4. The van der Waals surface area contributed by atoms with Gasteiger partial charge in [-0.25, -0.2) is 13.2 Å². The number of benzene rings is 1. The van der Waals surface area contributed by atoms with Gasteiger partial charge in [0.2, 0.25) is 15.9 Å². The Morgan fingerprint density at radius 1 is 1.13 bits per heavy atom. The minimum absolute atomic E-state index is 0.0587. The number of nitrogens with zero attached hydrogens (tertiary/aromatic N) is 3. The van der Waals surface area contributed by atoms with Crippen LogP contribution in [0.3, 0.4) is 0 Å². The van der Waals surface area contributed by atoms with Crippen LogP contribution in [0, 0.1) is 5.92 Å². The van der Waals surface area contributed by atoms with E-state index in [1.165, 1.54) is 56.8 Å². The highest BCUT2D eigenvalue weighted by atomic mass is 35.5. The molecule has 0 saturated carbocycles. The molecule has 5 rings (SSSR count). The summed E-state index contributed by atoms with van der Waals surface area (Å²) in [7, 11) is 1.75. The quantitative estimate of drug-likeness (QED) is 0.121. The van der Waals surface area contributed by atoms with Gasteiger partial charge in [0.1, 0.15) is 40.7 Å². The number of sulfonamides is 1. The van der Waals surface area contributed by atoms with Crippen LogP contribution in [-0.4, -0.2) is 126 Å². The van der Waals surface area contributed by atoms with E-state index in [9.17, 15) is 38.1 Å². The van der Waals surface area contributed by atoms with Gasteiger partial charge in [0, 0.05) is 52.2 Å². The van der Waals surface area contributed by atoms with Crippen LogP contribution in [0.25, 0.3) is 0 Å². The number of allylic oxidation sites excluding steroid dienone is 3. The Kier molecular flexibility index (Phi) is 15.2. The van der Waals surface area contributed by atoms with E-state index < -0.39 is 82.1 Å². The van der Waals surface area contributed by atoms with Gasteiger partial charge in [-0.05, 0) is 57.7 Å².